The summed E-state index contributed by atoms with van der Waals surface area (Å²) in [4.78, 5) is 0. The first-order valence-electron chi connectivity index (χ1n) is 8.89. The number of fused-ring (bicyclic) bond motifs is 1. The maximum Gasteiger partial charge on any atom is 0.0991 e. The minimum Gasteiger partial charge on any atom is -0.387 e. The van der Waals surface area contributed by atoms with Gasteiger partial charge in [-0.1, -0.05) is 18.2 Å². The van der Waals surface area contributed by atoms with Crippen molar-refractivity contribution in [3.8, 4) is 17.2 Å². The van der Waals surface area contributed by atoms with Crippen LogP contribution in [0, 0.1) is 11.3 Å². The van der Waals surface area contributed by atoms with E-state index in [1.54, 1.807) is 0 Å². The number of hydrogen-bond acceptors (Lipinski definition) is 4. The molecular weight excluding hydrogens is 308 g/mol. The van der Waals surface area contributed by atoms with E-state index in [0.717, 1.165) is 38.0 Å². The molecular formula is C21H22N4. The average Bonchev–Trinajstić information content (AvgIpc) is 2.69. The smallest absolute Gasteiger partial charge is 0.0991 e. The Balaban J connectivity index is 1.75. The van der Waals surface area contributed by atoms with Crippen LogP contribution in [0.1, 0.15) is 18.4 Å². The van der Waals surface area contributed by atoms with Crippen LogP contribution in [-0.4, -0.2) is 25.7 Å². The molecule has 0 saturated carbocycles. The molecule has 25 heavy (non-hydrogen) atoms. The molecule has 2 aliphatic rings. The summed E-state index contributed by atoms with van der Waals surface area (Å²) in [5.41, 5.74) is 4.21. The molecule has 2 aromatic rings. The van der Waals surface area contributed by atoms with Gasteiger partial charge >= 0.3 is 0 Å². The molecule has 1 saturated heterocycles. The Kier molecular flexibility index (Phi) is 4.41. The SMILES string of the molecule is N#Cc1ccc(-c2cc(NC3CCNCC3)c3c(c2)=CCNC=3)cc1. The second kappa shape index (κ2) is 7.00. The van der Waals surface area contributed by atoms with Gasteiger partial charge in [0.25, 0.3) is 0 Å². The molecule has 4 nitrogen and oxygen atoms in total. The number of nitriles is 1. The van der Waals surface area contributed by atoms with E-state index in [1.165, 1.54) is 21.7 Å². The van der Waals surface area contributed by atoms with E-state index in [9.17, 15) is 0 Å². The van der Waals surface area contributed by atoms with Gasteiger partial charge in [-0.15, -0.1) is 0 Å². The first kappa shape index (κ1) is 15.7. The van der Waals surface area contributed by atoms with Gasteiger partial charge in [-0.05, 0) is 66.5 Å². The lowest BCUT2D eigenvalue weighted by atomic mass is 9.99. The molecule has 2 aromatic carbocycles. The number of nitrogens with zero attached hydrogens (tertiary/aromatic N) is 1. The largest absolute Gasteiger partial charge is 0.387 e. The highest BCUT2D eigenvalue weighted by Crippen LogP contribution is 2.21. The predicted molar refractivity (Wildman–Crippen MR) is 102 cm³/mol. The standard InChI is InChI=1S/C21H22N4/c22-13-15-1-3-16(4-2-15)18-11-17-5-8-24-14-20(17)21(12-18)25-19-6-9-23-10-7-19/h1-5,11-12,14,19,23-25H,6-10H2. The topological polar surface area (TPSA) is 59.9 Å². The van der Waals surface area contributed by atoms with Crippen LogP contribution in [0.4, 0.5) is 5.69 Å². The van der Waals surface area contributed by atoms with E-state index in [0.29, 0.717) is 11.6 Å². The first-order chi connectivity index (χ1) is 12.3. The molecule has 2 aliphatic heterocycles. The van der Waals surface area contributed by atoms with E-state index < -0.39 is 0 Å². The molecule has 0 spiro atoms. The number of rotatable bonds is 3. The quantitative estimate of drug-likeness (QED) is 0.798. The van der Waals surface area contributed by atoms with Gasteiger partial charge in [0.05, 0.1) is 11.6 Å². The maximum absolute atomic E-state index is 9.00. The van der Waals surface area contributed by atoms with Crippen molar-refractivity contribution in [2.75, 3.05) is 25.0 Å². The fraction of sp³-hybridized carbons (Fsp3) is 0.286. The fourth-order valence-corrected chi connectivity index (χ4v) is 3.55. The van der Waals surface area contributed by atoms with Crippen LogP contribution >= 0.6 is 0 Å². The van der Waals surface area contributed by atoms with Gasteiger partial charge in [-0.2, -0.15) is 5.26 Å². The third-order valence-corrected chi connectivity index (χ3v) is 4.94. The van der Waals surface area contributed by atoms with E-state index in [-0.39, 0.29) is 0 Å². The normalized spacial score (nSPS) is 16.6. The van der Waals surface area contributed by atoms with Crippen molar-refractivity contribution >= 4 is 18.0 Å². The number of piperidine rings is 1. The zero-order chi connectivity index (χ0) is 17.1. The van der Waals surface area contributed by atoms with Crippen molar-refractivity contribution in [1.82, 2.24) is 10.6 Å². The van der Waals surface area contributed by atoms with Crippen molar-refractivity contribution in [3.05, 3.63) is 52.4 Å². The monoisotopic (exact) mass is 330 g/mol. The number of benzene rings is 2. The van der Waals surface area contributed by atoms with Crippen molar-refractivity contribution < 1.29 is 0 Å². The molecule has 3 N–H and O–H groups in total. The third-order valence-electron chi connectivity index (χ3n) is 4.94. The van der Waals surface area contributed by atoms with Gasteiger partial charge in [0, 0.05) is 29.7 Å². The van der Waals surface area contributed by atoms with Crippen LogP contribution in [0.3, 0.4) is 0 Å². The molecule has 4 rings (SSSR count). The molecule has 1 fully saturated rings. The average molecular weight is 330 g/mol. The Labute approximate surface area is 147 Å². The highest BCUT2D eigenvalue weighted by molar-refractivity contribution is 5.71. The lowest BCUT2D eigenvalue weighted by molar-refractivity contribution is 0.479. The summed E-state index contributed by atoms with van der Waals surface area (Å²) in [7, 11) is 0. The molecule has 0 aromatic heterocycles. The predicted octanol–water partition coefficient (Wildman–Crippen LogP) is 1.51. The van der Waals surface area contributed by atoms with Crippen molar-refractivity contribution in [1.29, 1.82) is 5.26 Å². The van der Waals surface area contributed by atoms with Gasteiger partial charge in [-0.25, -0.2) is 0 Å². The summed E-state index contributed by atoms with van der Waals surface area (Å²) < 4.78 is 0. The van der Waals surface area contributed by atoms with Gasteiger partial charge in [0.2, 0.25) is 0 Å². The summed E-state index contributed by atoms with van der Waals surface area (Å²) >= 11 is 0. The molecule has 0 unspecified atom stereocenters. The Morgan fingerprint density at radius 2 is 1.84 bits per heavy atom. The van der Waals surface area contributed by atoms with E-state index in [1.807, 2.05) is 24.3 Å². The molecule has 0 amide bonds. The van der Waals surface area contributed by atoms with E-state index >= 15 is 0 Å². The van der Waals surface area contributed by atoms with E-state index in [2.05, 4.69) is 46.4 Å². The van der Waals surface area contributed by atoms with Crippen molar-refractivity contribution in [3.63, 3.8) is 0 Å². The molecule has 2 heterocycles. The first-order valence-corrected chi connectivity index (χ1v) is 8.89. The summed E-state index contributed by atoms with van der Waals surface area (Å²) in [5, 5.41) is 22.0. The Morgan fingerprint density at radius 1 is 1.04 bits per heavy atom. The van der Waals surface area contributed by atoms with Gasteiger partial charge in [0.15, 0.2) is 0 Å². The van der Waals surface area contributed by atoms with E-state index in [4.69, 9.17) is 5.26 Å². The zero-order valence-electron chi connectivity index (χ0n) is 14.2. The minimum atomic E-state index is 0.511. The second-order valence-electron chi connectivity index (χ2n) is 6.64. The lowest BCUT2D eigenvalue weighted by Crippen LogP contribution is -2.40. The van der Waals surface area contributed by atoms with Crippen molar-refractivity contribution in [2.24, 2.45) is 0 Å². The van der Waals surface area contributed by atoms with Gasteiger partial charge in [0.1, 0.15) is 0 Å². The summed E-state index contributed by atoms with van der Waals surface area (Å²) in [6.07, 6.45) is 6.64. The number of nitrogens with one attached hydrogen (secondary N) is 3. The van der Waals surface area contributed by atoms with Crippen LogP contribution in [0.2, 0.25) is 0 Å². The number of anilines is 1. The van der Waals surface area contributed by atoms with Crippen LogP contribution in [0.15, 0.2) is 36.4 Å². The molecule has 0 bridgehead atoms. The zero-order valence-corrected chi connectivity index (χ0v) is 14.2. The molecule has 0 radical (unpaired) electrons. The highest BCUT2D eigenvalue weighted by atomic mass is 15.0. The summed E-state index contributed by atoms with van der Waals surface area (Å²) in [6, 6.07) is 15.0. The van der Waals surface area contributed by atoms with Crippen LogP contribution in [-0.2, 0) is 0 Å². The van der Waals surface area contributed by atoms with Gasteiger partial charge < -0.3 is 16.0 Å². The molecule has 0 aliphatic carbocycles. The highest BCUT2D eigenvalue weighted by Gasteiger charge is 2.14. The second-order valence-corrected chi connectivity index (χ2v) is 6.64. The summed E-state index contributed by atoms with van der Waals surface area (Å²) in [5.74, 6) is 0. The Morgan fingerprint density at radius 3 is 2.60 bits per heavy atom. The Bertz CT molecular complexity index is 916. The van der Waals surface area contributed by atoms with Crippen molar-refractivity contribution in [2.45, 2.75) is 18.9 Å². The van der Waals surface area contributed by atoms with Crippen LogP contribution in [0.25, 0.3) is 23.4 Å². The molecule has 0 atom stereocenters. The fourth-order valence-electron chi connectivity index (χ4n) is 3.55. The van der Waals surface area contributed by atoms with Gasteiger partial charge in [-0.3, -0.25) is 0 Å². The maximum atomic E-state index is 9.00. The minimum absolute atomic E-state index is 0.511. The van der Waals surface area contributed by atoms with Crippen LogP contribution < -0.4 is 26.4 Å². The third kappa shape index (κ3) is 3.38. The number of hydrogen-bond donors (Lipinski definition) is 3. The lowest BCUT2D eigenvalue weighted by Gasteiger charge is -2.25. The Hall–Kier alpha value is -2.77. The van der Waals surface area contributed by atoms with Crippen LogP contribution in [0.5, 0.6) is 0 Å². The molecule has 4 heteroatoms. The molecule has 126 valence electrons. The summed E-state index contributed by atoms with van der Waals surface area (Å²) in [6.45, 7) is 3.00.